The van der Waals surface area contributed by atoms with E-state index in [9.17, 15) is 0 Å². The summed E-state index contributed by atoms with van der Waals surface area (Å²) in [6.45, 7) is 1.16. The maximum absolute atomic E-state index is 2.47. The molecule has 1 saturated heterocycles. The topological polar surface area (TPSA) is 3.24 Å². The first kappa shape index (κ1) is 13.1. The molecule has 0 bridgehead atoms. The van der Waals surface area contributed by atoms with Crippen molar-refractivity contribution in [1.29, 1.82) is 0 Å². The average Bonchev–Trinajstić information content (AvgIpc) is 2.89. The lowest BCUT2D eigenvalue weighted by molar-refractivity contribution is 0.233. The quantitative estimate of drug-likeness (QED) is 0.797. The second kappa shape index (κ2) is 5.64. The molecule has 2 aromatic rings. The predicted molar refractivity (Wildman–Crippen MR) is 85.5 cm³/mol. The molecule has 1 heterocycles. The van der Waals surface area contributed by atoms with Gasteiger partial charge in [-0.2, -0.15) is 0 Å². The predicted octanol–water partition coefficient (Wildman–Crippen LogP) is 4.32. The third kappa shape index (κ3) is 2.41. The van der Waals surface area contributed by atoms with Crippen LogP contribution in [0.4, 0.5) is 0 Å². The van der Waals surface area contributed by atoms with Crippen LogP contribution in [0.25, 0.3) is 6.08 Å². The molecule has 1 unspecified atom stereocenters. The summed E-state index contributed by atoms with van der Waals surface area (Å²) in [5.41, 5.74) is 2.71. The summed E-state index contributed by atoms with van der Waals surface area (Å²) in [4.78, 5) is 2.47. The monoisotopic (exact) mass is 263 g/mol. The third-order valence-corrected chi connectivity index (χ3v) is 4.36. The van der Waals surface area contributed by atoms with E-state index in [1.54, 1.807) is 0 Å². The highest BCUT2D eigenvalue weighted by Gasteiger charge is 2.37. The van der Waals surface area contributed by atoms with Crippen molar-refractivity contribution >= 4 is 6.08 Å². The molecular formula is C19H21N. The number of likely N-dealkylation sites (N-methyl/N-ethyl adjacent to an activating group) is 1. The highest BCUT2D eigenvalue weighted by Crippen LogP contribution is 2.39. The minimum atomic E-state index is 0.0527. The van der Waals surface area contributed by atoms with Gasteiger partial charge in [-0.1, -0.05) is 72.8 Å². The average molecular weight is 263 g/mol. The van der Waals surface area contributed by atoms with E-state index < -0.39 is 0 Å². The fourth-order valence-corrected chi connectivity index (χ4v) is 3.17. The third-order valence-electron chi connectivity index (χ3n) is 4.36. The Hall–Kier alpha value is -1.86. The molecule has 2 aromatic carbocycles. The zero-order valence-corrected chi connectivity index (χ0v) is 12.0. The fourth-order valence-electron chi connectivity index (χ4n) is 3.17. The molecule has 0 amide bonds. The molecule has 102 valence electrons. The van der Waals surface area contributed by atoms with E-state index in [2.05, 4.69) is 84.8 Å². The lowest BCUT2D eigenvalue weighted by Crippen LogP contribution is -2.36. The summed E-state index contributed by atoms with van der Waals surface area (Å²) in [5, 5.41) is 0. The Morgan fingerprint density at radius 3 is 2.20 bits per heavy atom. The van der Waals surface area contributed by atoms with Crippen molar-refractivity contribution in [2.75, 3.05) is 13.6 Å². The van der Waals surface area contributed by atoms with Crippen molar-refractivity contribution in [2.24, 2.45) is 0 Å². The van der Waals surface area contributed by atoms with E-state index in [1.165, 1.54) is 24.0 Å². The van der Waals surface area contributed by atoms with Crippen LogP contribution in [0.5, 0.6) is 0 Å². The first-order chi connectivity index (χ1) is 9.81. The minimum Gasteiger partial charge on any atom is -0.293 e. The first-order valence-corrected chi connectivity index (χ1v) is 7.32. The highest BCUT2D eigenvalue weighted by molar-refractivity contribution is 5.52. The largest absolute Gasteiger partial charge is 0.293 e. The number of hydrogen-bond acceptors (Lipinski definition) is 1. The molecular weight excluding hydrogens is 242 g/mol. The normalized spacial score (nSPS) is 23.4. The van der Waals surface area contributed by atoms with Crippen LogP contribution in [0.1, 0.15) is 24.0 Å². The van der Waals surface area contributed by atoms with Gasteiger partial charge in [0, 0.05) is 0 Å². The molecule has 1 aliphatic rings. The fraction of sp³-hybridized carbons (Fsp3) is 0.263. The van der Waals surface area contributed by atoms with Crippen LogP contribution in [-0.2, 0) is 5.54 Å². The Balaban J connectivity index is 1.98. The van der Waals surface area contributed by atoms with E-state index in [4.69, 9.17) is 0 Å². The zero-order valence-electron chi connectivity index (χ0n) is 12.0. The molecule has 0 saturated carbocycles. The van der Waals surface area contributed by atoms with E-state index in [0.29, 0.717) is 0 Å². The number of rotatable bonds is 3. The lowest BCUT2D eigenvalue weighted by atomic mass is 9.86. The van der Waals surface area contributed by atoms with Crippen molar-refractivity contribution in [3.63, 3.8) is 0 Å². The Morgan fingerprint density at radius 1 is 0.950 bits per heavy atom. The van der Waals surface area contributed by atoms with Crippen LogP contribution < -0.4 is 0 Å². The van der Waals surface area contributed by atoms with Gasteiger partial charge >= 0.3 is 0 Å². The van der Waals surface area contributed by atoms with Gasteiger partial charge in [-0.05, 0) is 37.6 Å². The summed E-state index contributed by atoms with van der Waals surface area (Å²) in [7, 11) is 2.23. The lowest BCUT2D eigenvalue weighted by Gasteiger charge is -2.34. The van der Waals surface area contributed by atoms with E-state index >= 15 is 0 Å². The number of benzene rings is 2. The second-order valence-corrected chi connectivity index (χ2v) is 5.56. The summed E-state index contributed by atoms with van der Waals surface area (Å²) in [6.07, 6.45) is 7.08. The molecule has 0 aromatic heterocycles. The van der Waals surface area contributed by atoms with Gasteiger partial charge in [0.05, 0.1) is 5.54 Å². The van der Waals surface area contributed by atoms with Gasteiger partial charge in [0.15, 0.2) is 0 Å². The van der Waals surface area contributed by atoms with Crippen LogP contribution in [0.2, 0.25) is 0 Å². The number of hydrogen-bond donors (Lipinski definition) is 0. The van der Waals surface area contributed by atoms with Gasteiger partial charge in [0.2, 0.25) is 0 Å². The SMILES string of the molecule is CN1CCCC1(/C=C/c1ccccc1)c1ccccc1. The van der Waals surface area contributed by atoms with E-state index in [1.807, 2.05) is 0 Å². The van der Waals surface area contributed by atoms with Gasteiger partial charge in [-0.25, -0.2) is 0 Å². The van der Waals surface area contributed by atoms with Crippen LogP contribution in [-0.4, -0.2) is 18.5 Å². The molecule has 1 heteroatoms. The minimum absolute atomic E-state index is 0.0527. The maximum Gasteiger partial charge on any atom is 0.0646 e. The van der Waals surface area contributed by atoms with Gasteiger partial charge in [0.25, 0.3) is 0 Å². The van der Waals surface area contributed by atoms with Crippen molar-refractivity contribution in [3.05, 3.63) is 77.9 Å². The highest BCUT2D eigenvalue weighted by atomic mass is 15.2. The number of nitrogens with zero attached hydrogens (tertiary/aromatic N) is 1. The van der Waals surface area contributed by atoms with Gasteiger partial charge in [-0.3, -0.25) is 4.90 Å². The molecule has 1 aliphatic heterocycles. The standard InChI is InChI=1S/C19H21N/c1-20-16-8-14-19(20,18-11-6-3-7-12-18)15-13-17-9-4-2-5-10-17/h2-7,9-13,15H,8,14,16H2,1H3/b15-13+. The Morgan fingerprint density at radius 2 is 1.60 bits per heavy atom. The molecule has 0 N–H and O–H groups in total. The van der Waals surface area contributed by atoms with Crippen molar-refractivity contribution in [2.45, 2.75) is 18.4 Å². The van der Waals surface area contributed by atoms with Crippen LogP contribution in [0, 0.1) is 0 Å². The maximum atomic E-state index is 2.47. The zero-order chi connectivity index (χ0) is 13.8. The van der Waals surface area contributed by atoms with Gasteiger partial charge in [0.1, 0.15) is 0 Å². The summed E-state index contributed by atoms with van der Waals surface area (Å²) >= 11 is 0. The van der Waals surface area contributed by atoms with Crippen LogP contribution >= 0.6 is 0 Å². The molecule has 0 spiro atoms. The van der Waals surface area contributed by atoms with Gasteiger partial charge < -0.3 is 0 Å². The Bertz CT molecular complexity index is 573. The van der Waals surface area contributed by atoms with Crippen LogP contribution in [0.3, 0.4) is 0 Å². The molecule has 1 atom stereocenters. The number of likely N-dealkylation sites (tertiary alicyclic amines) is 1. The van der Waals surface area contributed by atoms with E-state index in [0.717, 1.165) is 6.54 Å². The van der Waals surface area contributed by atoms with Gasteiger partial charge in [-0.15, -0.1) is 0 Å². The Labute approximate surface area is 121 Å². The van der Waals surface area contributed by atoms with Crippen molar-refractivity contribution in [3.8, 4) is 0 Å². The molecule has 1 nitrogen and oxygen atoms in total. The molecule has 1 fully saturated rings. The summed E-state index contributed by atoms with van der Waals surface area (Å²) < 4.78 is 0. The smallest absolute Gasteiger partial charge is 0.0646 e. The molecule has 0 aliphatic carbocycles. The van der Waals surface area contributed by atoms with E-state index in [-0.39, 0.29) is 5.54 Å². The second-order valence-electron chi connectivity index (χ2n) is 5.56. The van der Waals surface area contributed by atoms with Crippen LogP contribution in [0.15, 0.2) is 66.7 Å². The summed E-state index contributed by atoms with van der Waals surface area (Å²) in [5.74, 6) is 0. The Kier molecular flexibility index (Phi) is 3.70. The molecule has 3 rings (SSSR count). The summed E-state index contributed by atoms with van der Waals surface area (Å²) in [6, 6.07) is 21.4. The molecule has 20 heavy (non-hydrogen) atoms. The first-order valence-electron chi connectivity index (χ1n) is 7.32. The van der Waals surface area contributed by atoms with Crippen molar-refractivity contribution < 1.29 is 0 Å². The van der Waals surface area contributed by atoms with Crippen molar-refractivity contribution in [1.82, 2.24) is 4.90 Å². The molecule has 0 radical (unpaired) electrons.